The number of fused-ring (bicyclic) bond motifs is 8. The number of aromatic nitrogens is 2. The zero-order valence-electron chi connectivity index (χ0n) is 39.9. The van der Waals surface area contributed by atoms with Crippen LogP contribution in [0, 0.1) is 59.2 Å². The molecule has 64 heavy (non-hydrogen) atoms. The van der Waals surface area contributed by atoms with Crippen molar-refractivity contribution in [1.82, 2.24) is 8.96 Å². The van der Waals surface area contributed by atoms with E-state index in [-0.39, 0.29) is 53.6 Å². The van der Waals surface area contributed by atoms with Crippen LogP contribution in [0.4, 0.5) is 0 Å². The summed E-state index contributed by atoms with van der Waals surface area (Å²) in [6, 6.07) is 0. The third-order valence-corrected chi connectivity index (χ3v) is 19.3. The normalized spacial score (nSPS) is 42.2. The molecule has 14 unspecified atom stereocenters. The molecule has 8 aliphatic rings. The predicted molar refractivity (Wildman–Crippen MR) is 243 cm³/mol. The van der Waals surface area contributed by atoms with Crippen molar-refractivity contribution in [2.45, 2.75) is 205 Å². The highest BCUT2D eigenvalue weighted by Crippen LogP contribution is 2.64. The van der Waals surface area contributed by atoms with Crippen LogP contribution in [0.3, 0.4) is 0 Å². The van der Waals surface area contributed by atoms with Gasteiger partial charge in [0.2, 0.25) is 0 Å². The third-order valence-electron chi connectivity index (χ3n) is 18.1. The lowest BCUT2D eigenvalue weighted by Gasteiger charge is -2.53. The maximum Gasteiger partial charge on any atom is 0.367 e. The Labute approximate surface area is 383 Å². The van der Waals surface area contributed by atoms with Crippen LogP contribution in [0.2, 0.25) is 0 Å². The number of hydrogen-bond donors (Lipinski definition) is 1. The number of rotatable bonds is 11. The average Bonchev–Trinajstić information content (AvgIpc) is 4.10. The fourth-order valence-electron chi connectivity index (χ4n) is 14.3. The Kier molecular flexibility index (Phi) is 13.8. The number of esters is 2. The Balaban J connectivity index is 0.000000181. The molecule has 4 saturated carbocycles. The first-order valence-electron chi connectivity index (χ1n) is 25.1. The summed E-state index contributed by atoms with van der Waals surface area (Å²) in [7, 11) is -4.08. The van der Waals surface area contributed by atoms with Crippen molar-refractivity contribution in [2.24, 2.45) is 59.2 Å². The molecular weight excluding hydrogens is 833 g/mol. The number of nitrogens with zero attached hydrogens (tertiary/aromatic N) is 2. The van der Waals surface area contributed by atoms with E-state index in [9.17, 15) is 23.1 Å². The summed E-state index contributed by atoms with van der Waals surface area (Å²) >= 11 is 0. The van der Waals surface area contributed by atoms with Gasteiger partial charge in [0, 0.05) is 49.2 Å². The van der Waals surface area contributed by atoms with E-state index < -0.39 is 51.0 Å². The van der Waals surface area contributed by atoms with Crippen molar-refractivity contribution in [3.05, 3.63) is 43.0 Å². The van der Waals surface area contributed by atoms with Crippen molar-refractivity contribution >= 4 is 22.2 Å². The minimum Gasteiger partial charge on any atom is -0.456 e. The van der Waals surface area contributed by atoms with Crippen LogP contribution in [0.25, 0.3) is 0 Å². The lowest BCUT2D eigenvalue weighted by Crippen LogP contribution is -2.62. The predicted octanol–water partition coefficient (Wildman–Crippen LogP) is 9.30. The molecule has 13 heteroatoms. The fourth-order valence-corrected chi connectivity index (χ4v) is 15.3. The topological polar surface area (TPSA) is 152 Å². The number of allylic oxidation sites excluding steroid dienone is 2. The molecule has 1 aromatic heterocycles. The van der Waals surface area contributed by atoms with Crippen molar-refractivity contribution in [3.8, 4) is 0 Å². The van der Waals surface area contributed by atoms with Gasteiger partial charge >= 0.3 is 22.2 Å². The second-order valence-electron chi connectivity index (χ2n) is 22.4. The summed E-state index contributed by atoms with van der Waals surface area (Å²) in [6.45, 7) is 17.0. The van der Waals surface area contributed by atoms with Crippen molar-refractivity contribution < 1.29 is 46.2 Å². The molecule has 4 bridgehead atoms. The summed E-state index contributed by atoms with van der Waals surface area (Å²) in [5.74, 6) is 2.02. The minimum atomic E-state index is -4.08. The van der Waals surface area contributed by atoms with Crippen LogP contribution < -0.4 is 0 Å². The molecule has 5 heterocycles. The summed E-state index contributed by atoms with van der Waals surface area (Å²) in [6.07, 6.45) is 26.5. The number of aliphatic hydroxyl groups excluding tert-OH is 1. The van der Waals surface area contributed by atoms with Gasteiger partial charge < -0.3 is 24.1 Å². The minimum absolute atomic E-state index is 0.00440. The fraction of sp³-hybridized carbons (Fsp3) is 0.824. The van der Waals surface area contributed by atoms with Crippen LogP contribution in [0.1, 0.15) is 158 Å². The van der Waals surface area contributed by atoms with E-state index in [4.69, 9.17) is 23.1 Å². The van der Waals surface area contributed by atoms with Crippen molar-refractivity contribution in [2.75, 3.05) is 0 Å². The van der Waals surface area contributed by atoms with Gasteiger partial charge in [0.1, 0.15) is 35.8 Å². The van der Waals surface area contributed by atoms with E-state index in [0.717, 1.165) is 42.5 Å². The lowest BCUT2D eigenvalue weighted by molar-refractivity contribution is -0.263. The quantitative estimate of drug-likeness (QED) is 0.167. The molecule has 4 aliphatic heterocycles. The van der Waals surface area contributed by atoms with Gasteiger partial charge in [-0.05, 0) is 113 Å². The highest BCUT2D eigenvalue weighted by Gasteiger charge is 2.73. The van der Waals surface area contributed by atoms with Gasteiger partial charge in [0.15, 0.2) is 0 Å². The molecule has 8 fully saturated rings. The number of carbonyl (C=O) groups is 2. The SMILES string of the molecule is CC1CCC2C1C(OC(=O)/C=C/C1CCCCC1)C1(C(C)C)CC(O)C2(C)O1.CC1CCC2C1C(OC(=O)/C=C/C1CCCCC1)C1(C(C)C)CC(OS(=O)(=O)n3ccnc3)C2(C)O1. The maximum atomic E-state index is 13.1. The zero-order chi connectivity index (χ0) is 45.8. The standard InChI is InChI=1S/C27H40N2O6S.C24H38O4/c1-18(2)27-16-22(34-36(31,32)29-15-14-28-17-29)26(4,35-27)21-12-10-19(3)24(21)25(27)33-23(30)13-11-20-8-6-5-7-9-20;1-15(2)24-14-19(25)23(4,28-24)18-12-10-16(3)21(18)22(24)27-20(26)13-11-17-8-6-5-7-9-17/h11,13-15,17-22,24-25H,5-10,12,16H2,1-4H3;11,13,15-19,21-22,25H,5-10,12,14H2,1-4H3/b2*13-11+. The second kappa shape index (κ2) is 18.5. The number of hydrogen-bond acceptors (Lipinski definition) is 11. The summed E-state index contributed by atoms with van der Waals surface area (Å²) in [5, 5.41) is 11.0. The van der Waals surface area contributed by atoms with Gasteiger partial charge in [-0.25, -0.2) is 22.7 Å². The van der Waals surface area contributed by atoms with Crippen LogP contribution in [0.5, 0.6) is 0 Å². The van der Waals surface area contributed by atoms with E-state index >= 15 is 0 Å². The van der Waals surface area contributed by atoms with Gasteiger partial charge in [-0.2, -0.15) is 8.42 Å². The monoisotopic (exact) mass is 911 g/mol. The number of aliphatic hydroxyl groups is 1. The van der Waals surface area contributed by atoms with Gasteiger partial charge in [-0.1, -0.05) is 92.2 Å². The number of ether oxygens (including phenoxy) is 4. The molecule has 9 rings (SSSR count). The molecule has 1 aromatic rings. The first kappa shape index (κ1) is 47.9. The van der Waals surface area contributed by atoms with Crippen LogP contribution in [-0.2, 0) is 43.0 Å². The van der Waals surface area contributed by atoms with E-state index in [1.54, 1.807) is 12.2 Å². The smallest absolute Gasteiger partial charge is 0.367 e. The largest absolute Gasteiger partial charge is 0.456 e. The molecule has 358 valence electrons. The van der Waals surface area contributed by atoms with Gasteiger partial charge in [-0.15, -0.1) is 0 Å². The molecule has 14 atom stereocenters. The molecule has 0 radical (unpaired) electrons. The zero-order valence-corrected chi connectivity index (χ0v) is 40.7. The van der Waals surface area contributed by atoms with Crippen LogP contribution in [-0.4, -0.2) is 81.2 Å². The highest BCUT2D eigenvalue weighted by atomic mass is 32.2. The first-order valence-corrected chi connectivity index (χ1v) is 26.5. The van der Waals surface area contributed by atoms with Crippen LogP contribution in [0.15, 0.2) is 43.0 Å². The number of carbonyl (C=O) groups excluding carboxylic acids is 2. The Hall–Kier alpha value is -2.58. The molecular formula is C51H78N2O10S. The number of imidazole rings is 1. The first-order chi connectivity index (χ1) is 30.3. The lowest BCUT2D eigenvalue weighted by atomic mass is 9.69. The van der Waals surface area contributed by atoms with E-state index in [1.165, 1.54) is 70.1 Å². The van der Waals surface area contributed by atoms with Crippen LogP contribution >= 0.6 is 0 Å². The summed E-state index contributed by atoms with van der Waals surface area (Å²) in [5.41, 5.74) is -2.71. The Morgan fingerprint density at radius 3 is 1.66 bits per heavy atom. The Morgan fingerprint density at radius 2 is 1.19 bits per heavy atom. The molecule has 0 amide bonds. The summed E-state index contributed by atoms with van der Waals surface area (Å²) in [4.78, 5) is 29.8. The van der Waals surface area contributed by atoms with E-state index in [0.29, 0.717) is 36.5 Å². The highest BCUT2D eigenvalue weighted by molar-refractivity contribution is 7.85. The van der Waals surface area contributed by atoms with Gasteiger partial charge in [0.05, 0.1) is 17.3 Å². The average molecular weight is 911 g/mol. The van der Waals surface area contributed by atoms with Gasteiger partial charge in [0.25, 0.3) is 0 Å². The van der Waals surface area contributed by atoms with Crippen molar-refractivity contribution in [3.63, 3.8) is 0 Å². The molecule has 12 nitrogen and oxygen atoms in total. The van der Waals surface area contributed by atoms with Crippen molar-refractivity contribution in [1.29, 1.82) is 0 Å². The molecule has 0 aromatic carbocycles. The Morgan fingerprint density at radius 1 is 0.719 bits per heavy atom. The molecule has 0 spiro atoms. The van der Waals surface area contributed by atoms with E-state index in [1.807, 2.05) is 13.0 Å². The Bertz CT molecular complexity index is 1970. The maximum absolute atomic E-state index is 13.1. The van der Waals surface area contributed by atoms with E-state index in [2.05, 4.69) is 59.5 Å². The van der Waals surface area contributed by atoms with Gasteiger partial charge in [-0.3, -0.25) is 0 Å². The summed E-state index contributed by atoms with van der Waals surface area (Å²) < 4.78 is 59.0. The third kappa shape index (κ3) is 8.62. The molecule has 1 N–H and O–H groups in total. The molecule has 4 saturated heterocycles. The molecule has 4 aliphatic carbocycles. The second-order valence-corrected chi connectivity index (χ2v) is 23.8.